The van der Waals surface area contributed by atoms with Crippen LogP contribution in [-0.4, -0.2) is 41.2 Å². The number of carbonyl (C=O) groups is 1. The Balaban J connectivity index is 1.95. The Labute approximate surface area is 112 Å². The van der Waals surface area contributed by atoms with E-state index in [1.807, 2.05) is 30.3 Å². The molecule has 1 aliphatic rings. The Morgan fingerprint density at radius 1 is 1.32 bits per heavy atom. The Bertz CT molecular complexity index is 409. The van der Waals surface area contributed by atoms with Crippen molar-refractivity contribution in [2.75, 3.05) is 6.61 Å². The molecule has 1 aliphatic heterocycles. The molecular weight excluding hydrogens is 246 g/mol. The summed E-state index contributed by atoms with van der Waals surface area (Å²) in [5, 5.41) is 21.2. The predicted molar refractivity (Wildman–Crippen MR) is 69.7 cm³/mol. The molecule has 104 valence electrons. The van der Waals surface area contributed by atoms with E-state index in [-0.39, 0.29) is 18.8 Å². The fourth-order valence-electron chi connectivity index (χ4n) is 2.30. The lowest BCUT2D eigenvalue weighted by Gasteiger charge is -2.19. The Morgan fingerprint density at radius 2 is 2.05 bits per heavy atom. The van der Waals surface area contributed by atoms with Crippen LogP contribution in [0, 0.1) is 0 Å². The van der Waals surface area contributed by atoms with E-state index in [2.05, 4.69) is 5.32 Å². The maximum atomic E-state index is 11.3. The highest BCUT2D eigenvalue weighted by Gasteiger charge is 2.35. The summed E-state index contributed by atoms with van der Waals surface area (Å²) >= 11 is 0. The zero-order valence-corrected chi connectivity index (χ0v) is 10.7. The van der Waals surface area contributed by atoms with Crippen molar-refractivity contribution in [2.45, 2.75) is 37.5 Å². The molecular formula is C14H19NO4. The number of alkyl carbamates (subject to hydrolysis) is 1. The average Bonchev–Trinajstić information content (AvgIpc) is 2.71. The molecule has 0 spiro atoms. The van der Waals surface area contributed by atoms with Gasteiger partial charge in [-0.25, -0.2) is 4.79 Å². The van der Waals surface area contributed by atoms with Crippen LogP contribution in [0.2, 0.25) is 0 Å². The van der Waals surface area contributed by atoms with Crippen LogP contribution < -0.4 is 5.32 Å². The lowest BCUT2D eigenvalue weighted by atomic mass is 9.97. The molecule has 3 N–H and O–H groups in total. The minimum atomic E-state index is -0.652. The van der Waals surface area contributed by atoms with Crippen LogP contribution in [0.15, 0.2) is 30.3 Å². The summed E-state index contributed by atoms with van der Waals surface area (Å²) in [6.45, 7) is -0.0708. The number of hydrogen-bond donors (Lipinski definition) is 3. The van der Waals surface area contributed by atoms with Gasteiger partial charge in [0, 0.05) is 13.0 Å². The number of ether oxygens (including phenoxy) is 1. The van der Waals surface area contributed by atoms with Crippen LogP contribution in [0.25, 0.3) is 0 Å². The van der Waals surface area contributed by atoms with Gasteiger partial charge in [0.1, 0.15) is 6.10 Å². The van der Waals surface area contributed by atoms with Crippen molar-refractivity contribution in [3.8, 4) is 0 Å². The van der Waals surface area contributed by atoms with Crippen LogP contribution in [-0.2, 0) is 11.2 Å². The van der Waals surface area contributed by atoms with E-state index < -0.39 is 12.2 Å². The lowest BCUT2D eigenvalue weighted by Crippen LogP contribution is -2.35. The molecule has 3 atom stereocenters. The third-order valence-electron chi connectivity index (χ3n) is 3.28. The molecule has 5 nitrogen and oxygen atoms in total. The van der Waals surface area contributed by atoms with Crippen LogP contribution in [0.4, 0.5) is 4.79 Å². The van der Waals surface area contributed by atoms with Crippen LogP contribution >= 0.6 is 0 Å². The lowest BCUT2D eigenvalue weighted by molar-refractivity contribution is 0.0603. The van der Waals surface area contributed by atoms with E-state index >= 15 is 0 Å². The van der Waals surface area contributed by atoms with Gasteiger partial charge in [0.2, 0.25) is 0 Å². The minimum absolute atomic E-state index is 0.0708. The number of aliphatic hydroxyl groups is 2. The van der Waals surface area contributed by atoms with E-state index in [0.717, 1.165) is 5.56 Å². The third kappa shape index (κ3) is 3.94. The third-order valence-corrected chi connectivity index (χ3v) is 3.28. The second-order valence-electron chi connectivity index (χ2n) is 4.79. The predicted octanol–water partition coefficient (Wildman–Crippen LogP) is 0.839. The van der Waals surface area contributed by atoms with Crippen molar-refractivity contribution in [2.24, 2.45) is 0 Å². The molecule has 19 heavy (non-hydrogen) atoms. The summed E-state index contributed by atoms with van der Waals surface area (Å²) in [4.78, 5) is 11.3. The standard InChI is InChI=1S/C14H19NO4/c16-7-6-11(17)9-13-12(15-14(18)19-13)8-10-4-2-1-3-5-10/h1-5,11-13,16-17H,6-9H2,(H,15,18)/t11?,12-,13-/m0/s1. The van der Waals surface area contributed by atoms with E-state index in [9.17, 15) is 9.90 Å². The van der Waals surface area contributed by atoms with E-state index in [1.165, 1.54) is 0 Å². The second-order valence-corrected chi connectivity index (χ2v) is 4.79. The summed E-state index contributed by atoms with van der Waals surface area (Å²) in [7, 11) is 0. The highest BCUT2D eigenvalue weighted by atomic mass is 16.6. The molecule has 0 radical (unpaired) electrons. The number of cyclic esters (lactones) is 1. The van der Waals surface area contributed by atoms with Gasteiger partial charge in [0.15, 0.2) is 0 Å². The highest BCUT2D eigenvalue weighted by molar-refractivity contribution is 5.70. The number of aliphatic hydroxyl groups excluding tert-OH is 2. The molecule has 5 heteroatoms. The zero-order valence-electron chi connectivity index (χ0n) is 10.7. The monoisotopic (exact) mass is 265 g/mol. The molecule has 1 heterocycles. The van der Waals surface area contributed by atoms with Gasteiger partial charge in [-0.3, -0.25) is 0 Å². The largest absolute Gasteiger partial charge is 0.444 e. The van der Waals surface area contributed by atoms with Crippen molar-refractivity contribution in [1.82, 2.24) is 5.32 Å². The van der Waals surface area contributed by atoms with Crippen LogP contribution in [0.3, 0.4) is 0 Å². The molecule has 0 aromatic heterocycles. The Kier molecular flexibility index (Phi) is 4.76. The molecule has 1 aromatic rings. The maximum absolute atomic E-state index is 11.3. The number of nitrogens with one attached hydrogen (secondary N) is 1. The average molecular weight is 265 g/mol. The van der Waals surface area contributed by atoms with E-state index in [1.54, 1.807) is 0 Å². The van der Waals surface area contributed by atoms with Crippen molar-refractivity contribution in [1.29, 1.82) is 0 Å². The first-order chi connectivity index (χ1) is 9.19. The fourth-order valence-corrected chi connectivity index (χ4v) is 2.30. The first-order valence-corrected chi connectivity index (χ1v) is 6.49. The minimum Gasteiger partial charge on any atom is -0.444 e. The molecule has 0 bridgehead atoms. The zero-order chi connectivity index (χ0) is 13.7. The van der Waals surface area contributed by atoms with Crippen molar-refractivity contribution < 1.29 is 19.7 Å². The number of carbonyl (C=O) groups excluding carboxylic acids is 1. The smallest absolute Gasteiger partial charge is 0.407 e. The Hall–Kier alpha value is -1.59. The summed E-state index contributed by atoms with van der Waals surface area (Å²) in [6.07, 6.45) is -0.135. The first kappa shape index (κ1) is 13.8. The van der Waals surface area contributed by atoms with Crippen molar-refractivity contribution >= 4 is 6.09 Å². The highest BCUT2D eigenvalue weighted by Crippen LogP contribution is 2.19. The van der Waals surface area contributed by atoms with Gasteiger partial charge in [0.05, 0.1) is 12.1 Å². The van der Waals surface area contributed by atoms with Gasteiger partial charge >= 0.3 is 6.09 Å². The molecule has 1 saturated heterocycles. The first-order valence-electron chi connectivity index (χ1n) is 6.49. The number of hydrogen-bond acceptors (Lipinski definition) is 4. The van der Waals surface area contributed by atoms with Gasteiger partial charge in [-0.05, 0) is 18.4 Å². The van der Waals surface area contributed by atoms with E-state index in [4.69, 9.17) is 9.84 Å². The number of benzene rings is 1. The normalized spacial score (nSPS) is 23.8. The van der Waals surface area contributed by atoms with E-state index in [0.29, 0.717) is 19.3 Å². The molecule has 1 unspecified atom stereocenters. The quantitative estimate of drug-likeness (QED) is 0.712. The van der Waals surface area contributed by atoms with Gasteiger partial charge < -0.3 is 20.3 Å². The van der Waals surface area contributed by atoms with Crippen molar-refractivity contribution in [3.05, 3.63) is 35.9 Å². The summed E-state index contributed by atoms with van der Waals surface area (Å²) in [5.41, 5.74) is 1.11. The molecule has 0 saturated carbocycles. The molecule has 1 amide bonds. The Morgan fingerprint density at radius 3 is 2.74 bits per heavy atom. The molecule has 1 aromatic carbocycles. The maximum Gasteiger partial charge on any atom is 0.407 e. The van der Waals surface area contributed by atoms with Gasteiger partial charge in [-0.1, -0.05) is 30.3 Å². The van der Waals surface area contributed by atoms with Crippen LogP contribution in [0.1, 0.15) is 18.4 Å². The van der Waals surface area contributed by atoms with Crippen LogP contribution in [0.5, 0.6) is 0 Å². The summed E-state index contributed by atoms with van der Waals surface area (Å²) in [5.74, 6) is 0. The SMILES string of the molecule is O=C1N[C@@H](Cc2ccccc2)[C@H](CC(O)CCO)O1. The van der Waals surface area contributed by atoms with Gasteiger partial charge in [-0.2, -0.15) is 0 Å². The van der Waals surface area contributed by atoms with Gasteiger partial charge in [-0.15, -0.1) is 0 Å². The number of amides is 1. The molecule has 0 aliphatic carbocycles. The topological polar surface area (TPSA) is 78.8 Å². The second kappa shape index (κ2) is 6.54. The molecule has 1 fully saturated rings. The molecule has 2 rings (SSSR count). The number of rotatable bonds is 6. The fraction of sp³-hybridized carbons (Fsp3) is 0.500. The van der Waals surface area contributed by atoms with Crippen molar-refractivity contribution in [3.63, 3.8) is 0 Å². The van der Waals surface area contributed by atoms with Gasteiger partial charge in [0.25, 0.3) is 0 Å². The summed E-state index contributed by atoms with van der Waals surface area (Å²) < 4.78 is 5.17. The summed E-state index contributed by atoms with van der Waals surface area (Å²) in [6, 6.07) is 9.68.